The fraction of sp³-hybridized carbons (Fsp3) is 0.400. The summed E-state index contributed by atoms with van der Waals surface area (Å²) in [6.45, 7) is 0. The highest BCUT2D eigenvalue weighted by Gasteiger charge is 2.46. The zero-order chi connectivity index (χ0) is 11.3. The predicted octanol–water partition coefficient (Wildman–Crippen LogP) is 2.75. The molecule has 0 radical (unpaired) electrons. The van der Waals surface area contributed by atoms with Gasteiger partial charge in [0.05, 0.1) is 0 Å². The Morgan fingerprint density at radius 2 is 2.31 bits per heavy atom. The van der Waals surface area contributed by atoms with Crippen molar-refractivity contribution < 1.29 is 8.78 Å². The number of aromatic nitrogens is 3. The van der Waals surface area contributed by atoms with Crippen LogP contribution in [0.3, 0.4) is 0 Å². The minimum absolute atomic E-state index is 0.134. The van der Waals surface area contributed by atoms with Crippen molar-refractivity contribution in [1.82, 2.24) is 14.6 Å². The van der Waals surface area contributed by atoms with Gasteiger partial charge in [-0.05, 0) is 18.4 Å². The number of rotatable bonds is 2. The van der Waals surface area contributed by atoms with Crippen LogP contribution in [0.15, 0.2) is 18.5 Å². The number of imidazole rings is 1. The van der Waals surface area contributed by atoms with Crippen LogP contribution in [0.4, 0.5) is 8.78 Å². The van der Waals surface area contributed by atoms with Crippen LogP contribution in [0.2, 0.25) is 5.15 Å². The van der Waals surface area contributed by atoms with Gasteiger partial charge in [-0.1, -0.05) is 11.6 Å². The Morgan fingerprint density at radius 1 is 1.50 bits per heavy atom. The minimum Gasteiger partial charge on any atom is -0.235 e. The van der Waals surface area contributed by atoms with Crippen LogP contribution in [0, 0.1) is 5.92 Å². The van der Waals surface area contributed by atoms with Crippen molar-refractivity contribution in [1.29, 1.82) is 0 Å². The van der Waals surface area contributed by atoms with E-state index in [2.05, 4.69) is 10.1 Å². The van der Waals surface area contributed by atoms with Crippen molar-refractivity contribution >= 4 is 17.2 Å². The lowest BCUT2D eigenvalue weighted by molar-refractivity contribution is 0.120. The Kier molecular flexibility index (Phi) is 2.10. The van der Waals surface area contributed by atoms with Crippen molar-refractivity contribution in [3.05, 3.63) is 29.2 Å². The van der Waals surface area contributed by atoms with E-state index >= 15 is 0 Å². The monoisotopic (exact) mass is 243 g/mol. The topological polar surface area (TPSA) is 30.2 Å². The molecule has 0 aliphatic heterocycles. The first-order valence-corrected chi connectivity index (χ1v) is 5.32. The smallest absolute Gasteiger partial charge is 0.235 e. The van der Waals surface area contributed by atoms with E-state index in [9.17, 15) is 8.78 Å². The molecule has 16 heavy (non-hydrogen) atoms. The molecule has 1 saturated carbocycles. The molecule has 3 nitrogen and oxygen atoms in total. The number of hydrogen-bond donors (Lipinski definition) is 0. The van der Waals surface area contributed by atoms with E-state index in [0.717, 1.165) is 5.56 Å². The lowest BCUT2D eigenvalue weighted by Gasteiger charge is -2.03. The van der Waals surface area contributed by atoms with Gasteiger partial charge in [0.2, 0.25) is 6.43 Å². The third kappa shape index (κ3) is 1.46. The highest BCUT2D eigenvalue weighted by molar-refractivity contribution is 6.29. The molecule has 0 spiro atoms. The molecule has 6 heteroatoms. The Balaban J connectivity index is 2.07. The van der Waals surface area contributed by atoms with E-state index < -0.39 is 12.3 Å². The minimum atomic E-state index is -2.27. The summed E-state index contributed by atoms with van der Waals surface area (Å²) in [6.07, 6.45) is 1.47. The molecule has 0 amide bonds. The van der Waals surface area contributed by atoms with Gasteiger partial charge in [-0.25, -0.2) is 18.3 Å². The summed E-state index contributed by atoms with van der Waals surface area (Å²) in [7, 11) is 0. The summed E-state index contributed by atoms with van der Waals surface area (Å²) in [5, 5.41) is 4.31. The molecular formula is C10H8ClF2N3. The van der Waals surface area contributed by atoms with E-state index in [1.165, 1.54) is 4.52 Å². The summed E-state index contributed by atoms with van der Waals surface area (Å²) in [4.78, 5) is 4.11. The van der Waals surface area contributed by atoms with Crippen molar-refractivity contribution in [3.63, 3.8) is 0 Å². The van der Waals surface area contributed by atoms with Gasteiger partial charge in [0.15, 0.2) is 5.65 Å². The number of hydrogen-bond acceptors (Lipinski definition) is 2. The maximum atomic E-state index is 12.5. The number of alkyl halides is 2. The first-order chi connectivity index (χ1) is 7.66. The predicted molar refractivity (Wildman–Crippen MR) is 54.8 cm³/mol. The largest absolute Gasteiger partial charge is 0.242 e. The number of halogens is 3. The molecule has 3 rings (SSSR count). The van der Waals surface area contributed by atoms with Crippen LogP contribution in [-0.4, -0.2) is 21.0 Å². The maximum absolute atomic E-state index is 12.5. The summed E-state index contributed by atoms with van der Waals surface area (Å²) >= 11 is 5.83. The van der Waals surface area contributed by atoms with Gasteiger partial charge >= 0.3 is 0 Å². The quantitative estimate of drug-likeness (QED) is 0.812. The summed E-state index contributed by atoms with van der Waals surface area (Å²) in [6, 6.07) is 1.64. The maximum Gasteiger partial charge on any atom is 0.242 e. The Hall–Kier alpha value is -1.23. The van der Waals surface area contributed by atoms with Crippen molar-refractivity contribution in [2.75, 3.05) is 0 Å². The lowest BCUT2D eigenvalue weighted by Crippen LogP contribution is -1.99. The van der Waals surface area contributed by atoms with Gasteiger partial charge in [0.1, 0.15) is 5.15 Å². The van der Waals surface area contributed by atoms with Crippen molar-refractivity contribution in [2.24, 2.45) is 5.92 Å². The normalized spacial score (nSPS) is 24.2. The molecule has 1 aliphatic carbocycles. The second kappa shape index (κ2) is 3.38. The molecule has 2 heterocycles. The van der Waals surface area contributed by atoms with Crippen LogP contribution in [0.5, 0.6) is 0 Å². The zero-order valence-electron chi connectivity index (χ0n) is 8.15. The Morgan fingerprint density at radius 3 is 3.00 bits per heavy atom. The molecule has 1 aliphatic rings. The van der Waals surface area contributed by atoms with Crippen LogP contribution in [0.1, 0.15) is 17.9 Å². The third-order valence-corrected chi connectivity index (χ3v) is 3.11. The van der Waals surface area contributed by atoms with Gasteiger partial charge < -0.3 is 0 Å². The molecule has 0 unspecified atom stereocenters. The molecule has 0 aromatic carbocycles. The van der Waals surface area contributed by atoms with Crippen LogP contribution < -0.4 is 0 Å². The zero-order valence-corrected chi connectivity index (χ0v) is 8.90. The number of nitrogens with zero attached hydrogens (tertiary/aromatic N) is 3. The first-order valence-electron chi connectivity index (χ1n) is 4.95. The van der Waals surface area contributed by atoms with E-state index in [0.29, 0.717) is 17.2 Å². The molecule has 0 N–H and O–H groups in total. The van der Waals surface area contributed by atoms with Crippen LogP contribution in [0.25, 0.3) is 5.65 Å². The average Bonchev–Trinajstić information content (AvgIpc) is 2.89. The second-order valence-electron chi connectivity index (χ2n) is 3.96. The molecule has 1 fully saturated rings. The van der Waals surface area contributed by atoms with E-state index in [1.54, 1.807) is 18.5 Å². The molecule has 2 atom stereocenters. The number of fused-ring (bicyclic) bond motifs is 1. The molecule has 84 valence electrons. The van der Waals surface area contributed by atoms with Crippen LogP contribution in [-0.2, 0) is 0 Å². The summed E-state index contributed by atoms with van der Waals surface area (Å²) in [5.41, 5.74) is 1.40. The standard InChI is InChI=1S/C10H8ClF2N3/c11-8-4-7(5-3-6(5)9(12)13)10-14-1-2-16(10)15-8/h1-2,4-6,9H,3H2/t5-,6-/m0/s1. The van der Waals surface area contributed by atoms with Gasteiger partial charge in [0.25, 0.3) is 0 Å². The fourth-order valence-corrected chi connectivity index (χ4v) is 2.23. The van der Waals surface area contributed by atoms with E-state index in [-0.39, 0.29) is 5.92 Å². The third-order valence-electron chi connectivity index (χ3n) is 2.92. The molecule has 0 saturated heterocycles. The summed E-state index contributed by atoms with van der Waals surface area (Å²) in [5.74, 6) is -0.690. The fourth-order valence-electron chi connectivity index (χ4n) is 2.03. The highest BCUT2D eigenvalue weighted by atomic mass is 35.5. The highest BCUT2D eigenvalue weighted by Crippen LogP contribution is 2.51. The first kappa shape index (κ1) is 9.96. The molecule has 2 aromatic heterocycles. The SMILES string of the molecule is FC(F)[C@H]1C[C@@H]1c1cc(Cl)nn2ccnc12. The van der Waals surface area contributed by atoms with Gasteiger partial charge in [-0.3, -0.25) is 0 Å². The molecule has 0 bridgehead atoms. The average molecular weight is 244 g/mol. The van der Waals surface area contributed by atoms with E-state index in [1.807, 2.05) is 0 Å². The lowest BCUT2D eigenvalue weighted by atomic mass is 10.1. The molecule has 2 aromatic rings. The van der Waals surface area contributed by atoms with E-state index in [4.69, 9.17) is 11.6 Å². The Bertz CT molecular complexity index is 540. The molecular weight excluding hydrogens is 236 g/mol. The Labute approximate surface area is 95.0 Å². The summed E-state index contributed by atoms with van der Waals surface area (Å²) < 4.78 is 26.5. The van der Waals surface area contributed by atoms with Crippen molar-refractivity contribution in [2.45, 2.75) is 18.8 Å². The van der Waals surface area contributed by atoms with Crippen LogP contribution >= 0.6 is 11.6 Å². The van der Waals surface area contributed by atoms with Gasteiger partial charge in [-0.15, -0.1) is 0 Å². The second-order valence-corrected chi connectivity index (χ2v) is 4.35. The van der Waals surface area contributed by atoms with Gasteiger partial charge in [0, 0.05) is 23.9 Å². The van der Waals surface area contributed by atoms with Crippen molar-refractivity contribution in [3.8, 4) is 0 Å². The van der Waals surface area contributed by atoms with Gasteiger partial charge in [-0.2, -0.15) is 5.10 Å².